The highest BCUT2D eigenvalue weighted by molar-refractivity contribution is 5.99. The van der Waals surface area contributed by atoms with E-state index in [1.54, 1.807) is 12.0 Å². The predicted octanol–water partition coefficient (Wildman–Crippen LogP) is 2.84. The third-order valence-electron chi connectivity index (χ3n) is 6.14. The molecule has 0 unspecified atom stereocenters. The van der Waals surface area contributed by atoms with Gasteiger partial charge in [0.2, 0.25) is 0 Å². The molecule has 1 fully saturated rings. The number of amides is 1. The Labute approximate surface area is 170 Å². The van der Waals surface area contributed by atoms with Gasteiger partial charge in [0.15, 0.2) is 0 Å². The first kappa shape index (κ1) is 19.5. The smallest absolute Gasteiger partial charge is 0.270 e. The number of hydrogen-bond acceptors (Lipinski definition) is 4. The minimum absolute atomic E-state index is 0.109. The summed E-state index contributed by atoms with van der Waals surface area (Å²) in [5.41, 5.74) is 1.92. The predicted molar refractivity (Wildman–Crippen MR) is 113 cm³/mol. The molecule has 0 spiro atoms. The van der Waals surface area contributed by atoms with Crippen molar-refractivity contribution < 1.29 is 14.6 Å². The van der Waals surface area contributed by atoms with Gasteiger partial charge in [0, 0.05) is 24.0 Å². The number of fused-ring (bicyclic) bond motifs is 1. The molecule has 2 N–H and O–H groups in total. The number of methoxy groups -OCH3 is 1. The molecular weight excluding hydrogens is 366 g/mol. The summed E-state index contributed by atoms with van der Waals surface area (Å²) in [7, 11) is 5.59. The third kappa shape index (κ3) is 3.18. The largest absolute Gasteiger partial charge is 0.496 e. The molecule has 4 rings (SSSR count). The first-order valence-corrected chi connectivity index (χ1v) is 9.83. The molecule has 152 valence electrons. The fraction of sp³-hybridized carbons (Fsp3) is 0.348. The van der Waals surface area contributed by atoms with Gasteiger partial charge in [0.25, 0.3) is 5.91 Å². The number of benzene rings is 2. The fourth-order valence-electron chi connectivity index (χ4n) is 4.54. The van der Waals surface area contributed by atoms with Gasteiger partial charge in [-0.2, -0.15) is 0 Å². The number of likely N-dealkylation sites (N-methyl/N-ethyl adjacent to an activating group) is 1. The molecule has 0 aliphatic carbocycles. The number of ether oxygens (including phenoxy) is 1. The second-order valence-corrected chi connectivity index (χ2v) is 7.81. The summed E-state index contributed by atoms with van der Waals surface area (Å²) in [4.78, 5) is 20.2. The molecule has 2 heterocycles. The van der Waals surface area contributed by atoms with Crippen LogP contribution in [0.25, 0.3) is 10.9 Å². The van der Waals surface area contributed by atoms with Gasteiger partial charge in [-0.15, -0.1) is 0 Å². The Kier molecular flexibility index (Phi) is 5.06. The number of aliphatic hydroxyl groups is 1. The van der Waals surface area contributed by atoms with E-state index >= 15 is 0 Å². The lowest BCUT2D eigenvalue weighted by atomic mass is 9.77. The van der Waals surface area contributed by atoms with Crippen molar-refractivity contribution >= 4 is 16.8 Å². The summed E-state index contributed by atoms with van der Waals surface area (Å²) in [6.07, 6.45) is -0.0444. The molecule has 1 saturated heterocycles. The van der Waals surface area contributed by atoms with Gasteiger partial charge in [0.05, 0.1) is 18.8 Å². The zero-order chi connectivity index (χ0) is 20.6. The van der Waals surface area contributed by atoms with Gasteiger partial charge in [-0.05, 0) is 44.3 Å². The number of aliphatic hydroxyl groups excluding tert-OH is 1. The van der Waals surface area contributed by atoms with E-state index in [2.05, 4.69) is 9.88 Å². The Morgan fingerprint density at radius 1 is 1.21 bits per heavy atom. The highest BCUT2D eigenvalue weighted by atomic mass is 16.5. The molecule has 1 aliphatic heterocycles. The summed E-state index contributed by atoms with van der Waals surface area (Å²) in [5.74, 6) is 0.620. The van der Waals surface area contributed by atoms with Gasteiger partial charge >= 0.3 is 0 Å². The van der Waals surface area contributed by atoms with Crippen LogP contribution in [0.2, 0.25) is 0 Å². The van der Waals surface area contributed by atoms with Crippen molar-refractivity contribution in [2.75, 3.05) is 34.3 Å². The Hall–Kier alpha value is -2.83. The van der Waals surface area contributed by atoms with Crippen LogP contribution in [-0.2, 0) is 5.54 Å². The van der Waals surface area contributed by atoms with Gasteiger partial charge in [-0.3, -0.25) is 9.69 Å². The zero-order valence-corrected chi connectivity index (χ0v) is 17.1. The molecule has 1 aromatic heterocycles. The van der Waals surface area contributed by atoms with Crippen molar-refractivity contribution in [2.24, 2.45) is 0 Å². The third-order valence-corrected chi connectivity index (χ3v) is 6.14. The first-order valence-electron chi connectivity index (χ1n) is 9.83. The minimum Gasteiger partial charge on any atom is -0.496 e. The number of hydrogen-bond donors (Lipinski definition) is 2. The Morgan fingerprint density at radius 3 is 2.62 bits per heavy atom. The van der Waals surface area contributed by atoms with Crippen molar-refractivity contribution in [1.82, 2.24) is 14.8 Å². The number of aromatic amines is 1. The highest BCUT2D eigenvalue weighted by Crippen LogP contribution is 2.38. The number of rotatable bonds is 4. The lowest BCUT2D eigenvalue weighted by Gasteiger charge is -2.49. The van der Waals surface area contributed by atoms with E-state index in [1.165, 1.54) is 0 Å². The monoisotopic (exact) mass is 393 g/mol. The average Bonchev–Trinajstić information content (AvgIpc) is 3.18. The maximum absolute atomic E-state index is 13.2. The maximum atomic E-state index is 13.2. The van der Waals surface area contributed by atoms with Crippen LogP contribution in [-0.4, -0.2) is 66.2 Å². The van der Waals surface area contributed by atoms with E-state index in [1.807, 2.05) is 68.7 Å². The van der Waals surface area contributed by atoms with Crippen molar-refractivity contribution in [2.45, 2.75) is 18.1 Å². The van der Waals surface area contributed by atoms with Crippen LogP contribution >= 0.6 is 0 Å². The van der Waals surface area contributed by atoms with E-state index in [4.69, 9.17) is 4.74 Å². The minimum atomic E-state index is -0.698. The lowest BCUT2D eigenvalue weighted by Crippen LogP contribution is -2.60. The van der Waals surface area contributed by atoms with E-state index in [-0.39, 0.29) is 12.5 Å². The second kappa shape index (κ2) is 7.54. The molecular formula is C23H27N3O3. The molecule has 3 aromatic rings. The van der Waals surface area contributed by atoms with E-state index in [0.717, 1.165) is 22.2 Å². The number of H-pyrrole nitrogens is 1. The van der Waals surface area contributed by atoms with Crippen molar-refractivity contribution in [3.8, 4) is 5.75 Å². The van der Waals surface area contributed by atoms with Crippen molar-refractivity contribution in [3.05, 3.63) is 65.9 Å². The van der Waals surface area contributed by atoms with Crippen molar-refractivity contribution in [3.63, 3.8) is 0 Å². The average molecular weight is 393 g/mol. The SMILES string of the molecule is COc1cccc2[nH]c(C(=O)N3CC[C@@](c4ccccc4)(N(C)C)[C@H](O)C3)cc12. The molecule has 0 radical (unpaired) electrons. The molecule has 1 amide bonds. The quantitative estimate of drug-likeness (QED) is 0.715. The summed E-state index contributed by atoms with van der Waals surface area (Å²) in [5, 5.41) is 12.0. The van der Waals surface area contributed by atoms with E-state index in [0.29, 0.717) is 18.7 Å². The molecule has 2 aromatic carbocycles. The number of β-amino-alcohol motifs (C(OH)–C–C–N with tert-alkyl or cyclic N) is 1. The van der Waals surface area contributed by atoms with Crippen LogP contribution in [0.3, 0.4) is 0 Å². The molecule has 1 aliphatic rings. The Morgan fingerprint density at radius 2 is 1.97 bits per heavy atom. The highest BCUT2D eigenvalue weighted by Gasteiger charge is 2.46. The summed E-state index contributed by atoms with van der Waals surface area (Å²) >= 11 is 0. The lowest BCUT2D eigenvalue weighted by molar-refractivity contribution is -0.0613. The number of carbonyl (C=O) groups is 1. The van der Waals surface area contributed by atoms with Crippen LogP contribution in [0.1, 0.15) is 22.5 Å². The summed E-state index contributed by atoms with van der Waals surface area (Å²) in [6, 6.07) is 17.6. The zero-order valence-electron chi connectivity index (χ0n) is 17.1. The van der Waals surface area contributed by atoms with Crippen LogP contribution in [0.5, 0.6) is 5.75 Å². The number of nitrogens with zero attached hydrogens (tertiary/aromatic N) is 2. The molecule has 0 bridgehead atoms. The Bertz CT molecular complexity index is 1010. The van der Waals surface area contributed by atoms with Crippen LogP contribution in [0.15, 0.2) is 54.6 Å². The Balaban J connectivity index is 1.60. The number of nitrogens with one attached hydrogen (secondary N) is 1. The maximum Gasteiger partial charge on any atom is 0.270 e. The summed E-state index contributed by atoms with van der Waals surface area (Å²) < 4.78 is 5.40. The fourth-order valence-corrected chi connectivity index (χ4v) is 4.54. The van der Waals surface area contributed by atoms with Gasteiger partial charge < -0.3 is 19.7 Å². The normalized spacial score (nSPS) is 22.2. The molecule has 6 heteroatoms. The van der Waals surface area contributed by atoms with Crippen LogP contribution in [0.4, 0.5) is 0 Å². The van der Waals surface area contributed by atoms with E-state index < -0.39 is 11.6 Å². The van der Waals surface area contributed by atoms with Crippen molar-refractivity contribution in [1.29, 1.82) is 0 Å². The first-order chi connectivity index (χ1) is 14.0. The molecule has 0 saturated carbocycles. The topological polar surface area (TPSA) is 68.8 Å². The number of piperidine rings is 1. The van der Waals surface area contributed by atoms with Gasteiger partial charge in [-0.1, -0.05) is 36.4 Å². The number of aromatic nitrogens is 1. The number of carbonyl (C=O) groups excluding carboxylic acids is 1. The summed E-state index contributed by atoms with van der Waals surface area (Å²) in [6.45, 7) is 0.841. The molecule has 2 atom stereocenters. The van der Waals surface area contributed by atoms with E-state index in [9.17, 15) is 9.90 Å². The number of likely N-dealkylation sites (tertiary alicyclic amines) is 1. The van der Waals surface area contributed by atoms with Crippen LogP contribution in [0, 0.1) is 0 Å². The standard InChI is InChI=1S/C23H27N3O3/c1-25(2)23(16-8-5-4-6-9-16)12-13-26(15-21(23)27)22(28)19-14-17-18(24-19)10-7-11-20(17)29-3/h4-11,14,21,24,27H,12-13,15H2,1-3H3/t21-,23+/m1/s1. The van der Waals surface area contributed by atoms with Gasteiger partial charge in [-0.25, -0.2) is 0 Å². The molecule has 29 heavy (non-hydrogen) atoms. The second-order valence-electron chi connectivity index (χ2n) is 7.81. The van der Waals surface area contributed by atoms with Crippen LogP contribution < -0.4 is 4.74 Å². The van der Waals surface area contributed by atoms with Gasteiger partial charge in [0.1, 0.15) is 11.4 Å². The molecule has 6 nitrogen and oxygen atoms in total.